The summed E-state index contributed by atoms with van der Waals surface area (Å²) in [6, 6.07) is 53.3. The Labute approximate surface area is 316 Å². The second-order valence-electron chi connectivity index (χ2n) is 17.1. The number of hydrogen-bond donors (Lipinski definition) is 0. The van der Waals surface area contributed by atoms with Crippen molar-refractivity contribution in [2.75, 3.05) is 4.90 Å². The Bertz CT molecular complexity index is 2260. The van der Waals surface area contributed by atoms with E-state index >= 15 is 0 Å². The lowest BCUT2D eigenvalue weighted by Crippen LogP contribution is -2.20. The molecular formula is C52H51N. The first-order valence-electron chi connectivity index (χ1n) is 20.5. The van der Waals surface area contributed by atoms with Crippen LogP contribution in [-0.2, 0) is 5.41 Å². The van der Waals surface area contributed by atoms with Crippen molar-refractivity contribution in [1.29, 1.82) is 0 Å². The topological polar surface area (TPSA) is 3.24 Å². The van der Waals surface area contributed by atoms with E-state index in [-0.39, 0.29) is 5.41 Å². The van der Waals surface area contributed by atoms with Crippen LogP contribution < -0.4 is 4.90 Å². The van der Waals surface area contributed by atoms with Crippen LogP contribution in [0.1, 0.15) is 106 Å². The van der Waals surface area contributed by atoms with Crippen LogP contribution in [0.3, 0.4) is 0 Å². The summed E-state index contributed by atoms with van der Waals surface area (Å²) in [6.45, 7) is 4.90. The fourth-order valence-electron chi connectivity index (χ4n) is 11.3. The molecule has 2 bridgehead atoms. The largest absolute Gasteiger partial charge is 0.310 e. The predicted octanol–water partition coefficient (Wildman–Crippen LogP) is 14.7. The number of nitrogens with zero attached hydrogens (tertiary/aromatic N) is 1. The van der Waals surface area contributed by atoms with E-state index < -0.39 is 0 Å². The molecule has 0 radical (unpaired) electrons. The number of rotatable bonds is 7. The fourth-order valence-corrected chi connectivity index (χ4v) is 11.3. The second kappa shape index (κ2) is 13.2. The first-order chi connectivity index (χ1) is 26.1. The van der Waals surface area contributed by atoms with Crippen LogP contribution in [0.4, 0.5) is 17.1 Å². The Hall–Kier alpha value is -4.88. The number of hydrogen-bond acceptors (Lipinski definition) is 1. The summed E-state index contributed by atoms with van der Waals surface area (Å²) in [5, 5.41) is 0. The Kier molecular flexibility index (Phi) is 8.16. The van der Waals surface area contributed by atoms with Crippen LogP contribution in [0.25, 0.3) is 33.4 Å². The highest BCUT2D eigenvalue weighted by molar-refractivity contribution is 6.01. The van der Waals surface area contributed by atoms with Gasteiger partial charge in [-0.05, 0) is 130 Å². The van der Waals surface area contributed by atoms with Crippen LogP contribution >= 0.6 is 0 Å². The number of anilines is 3. The molecule has 4 aliphatic rings. The van der Waals surface area contributed by atoms with Crippen molar-refractivity contribution in [1.82, 2.24) is 0 Å². The molecule has 4 aliphatic carbocycles. The van der Waals surface area contributed by atoms with E-state index in [1.807, 2.05) is 0 Å². The zero-order valence-corrected chi connectivity index (χ0v) is 31.4. The summed E-state index contributed by atoms with van der Waals surface area (Å²) in [7, 11) is 0. The quantitative estimate of drug-likeness (QED) is 0.161. The van der Waals surface area contributed by atoms with Crippen LogP contribution in [0.5, 0.6) is 0 Å². The monoisotopic (exact) mass is 689 g/mol. The third-order valence-electron chi connectivity index (χ3n) is 13.7. The third-order valence-corrected chi connectivity index (χ3v) is 13.7. The molecule has 3 fully saturated rings. The molecule has 0 aliphatic heterocycles. The van der Waals surface area contributed by atoms with E-state index in [1.165, 1.54) is 125 Å². The van der Waals surface area contributed by atoms with Crippen molar-refractivity contribution in [2.45, 2.75) is 88.9 Å². The number of fused-ring (bicyclic) bond motifs is 5. The van der Waals surface area contributed by atoms with Crippen LogP contribution in [-0.4, -0.2) is 0 Å². The van der Waals surface area contributed by atoms with Gasteiger partial charge in [-0.15, -0.1) is 0 Å². The van der Waals surface area contributed by atoms with Gasteiger partial charge >= 0.3 is 0 Å². The molecule has 3 unspecified atom stereocenters. The average Bonchev–Trinajstić information content (AvgIpc) is 3.92. The van der Waals surface area contributed by atoms with E-state index in [0.717, 1.165) is 17.8 Å². The third kappa shape index (κ3) is 5.50. The molecule has 1 heteroatoms. The van der Waals surface area contributed by atoms with E-state index in [0.29, 0.717) is 5.92 Å². The molecule has 0 heterocycles. The fraction of sp³-hybridized carbons (Fsp3) is 0.308. The van der Waals surface area contributed by atoms with Gasteiger partial charge < -0.3 is 4.90 Å². The second-order valence-corrected chi connectivity index (χ2v) is 17.1. The van der Waals surface area contributed by atoms with E-state index in [1.54, 1.807) is 5.56 Å². The lowest BCUT2D eigenvalue weighted by atomic mass is 9.77. The maximum atomic E-state index is 2.65. The number of para-hydroxylation sites is 1. The van der Waals surface area contributed by atoms with Gasteiger partial charge in [0.05, 0.1) is 5.69 Å². The smallest absolute Gasteiger partial charge is 0.0543 e. The Morgan fingerprint density at radius 1 is 0.528 bits per heavy atom. The summed E-state index contributed by atoms with van der Waals surface area (Å²) < 4.78 is 0. The molecule has 0 aromatic heterocycles. The minimum atomic E-state index is -0.198. The molecule has 6 aromatic carbocycles. The molecule has 0 saturated heterocycles. The first kappa shape index (κ1) is 32.7. The number of benzene rings is 6. The molecule has 3 atom stereocenters. The Morgan fingerprint density at radius 3 is 1.96 bits per heavy atom. The van der Waals surface area contributed by atoms with Gasteiger partial charge in [-0.3, -0.25) is 0 Å². The SMILES string of the molecule is CC1(C)c2cccc(-c3ccccc3)c2-c2ccc(N(c3ccc(C4CC5CCC4C5)cc3)c3ccccc3C3CCCCC3)c(-c3ccccc3)c21. The van der Waals surface area contributed by atoms with E-state index in [4.69, 9.17) is 0 Å². The average molecular weight is 690 g/mol. The van der Waals surface area contributed by atoms with Crippen LogP contribution in [0.15, 0.2) is 140 Å². The van der Waals surface area contributed by atoms with Crippen molar-refractivity contribution < 1.29 is 0 Å². The minimum absolute atomic E-state index is 0.198. The maximum Gasteiger partial charge on any atom is 0.0543 e. The van der Waals surface area contributed by atoms with Gasteiger partial charge in [0.25, 0.3) is 0 Å². The van der Waals surface area contributed by atoms with Crippen LogP contribution in [0, 0.1) is 11.8 Å². The normalized spacial score (nSPS) is 21.4. The summed E-state index contributed by atoms with van der Waals surface area (Å²) in [5.41, 5.74) is 17.5. The van der Waals surface area contributed by atoms with Gasteiger partial charge in [-0.25, -0.2) is 0 Å². The van der Waals surface area contributed by atoms with E-state index in [2.05, 4.69) is 158 Å². The maximum absolute atomic E-state index is 2.65. The predicted molar refractivity (Wildman–Crippen MR) is 224 cm³/mol. The zero-order chi connectivity index (χ0) is 35.5. The summed E-state index contributed by atoms with van der Waals surface area (Å²) in [6.07, 6.45) is 12.2. The van der Waals surface area contributed by atoms with Gasteiger partial charge in [0.15, 0.2) is 0 Å². The highest BCUT2D eigenvalue weighted by atomic mass is 15.1. The zero-order valence-electron chi connectivity index (χ0n) is 31.4. The molecule has 53 heavy (non-hydrogen) atoms. The molecule has 1 nitrogen and oxygen atoms in total. The van der Waals surface area contributed by atoms with Crippen molar-refractivity contribution in [3.63, 3.8) is 0 Å². The van der Waals surface area contributed by atoms with E-state index in [9.17, 15) is 0 Å². The molecule has 0 spiro atoms. The first-order valence-corrected chi connectivity index (χ1v) is 20.5. The lowest BCUT2D eigenvalue weighted by molar-refractivity contribution is 0.420. The molecular weight excluding hydrogens is 639 g/mol. The van der Waals surface area contributed by atoms with Gasteiger partial charge in [0, 0.05) is 22.4 Å². The Balaban J connectivity index is 1.21. The van der Waals surface area contributed by atoms with Crippen molar-refractivity contribution in [3.8, 4) is 33.4 Å². The van der Waals surface area contributed by atoms with Gasteiger partial charge in [-0.1, -0.05) is 155 Å². The highest BCUT2D eigenvalue weighted by Gasteiger charge is 2.42. The van der Waals surface area contributed by atoms with Crippen molar-refractivity contribution in [2.24, 2.45) is 11.8 Å². The van der Waals surface area contributed by atoms with Crippen LogP contribution in [0.2, 0.25) is 0 Å². The summed E-state index contributed by atoms with van der Waals surface area (Å²) in [5.74, 6) is 3.13. The Morgan fingerprint density at radius 2 is 1.25 bits per heavy atom. The molecule has 264 valence electrons. The molecule has 0 amide bonds. The van der Waals surface area contributed by atoms with Gasteiger partial charge in [-0.2, -0.15) is 0 Å². The van der Waals surface area contributed by atoms with Crippen molar-refractivity contribution >= 4 is 17.1 Å². The van der Waals surface area contributed by atoms with Crippen molar-refractivity contribution in [3.05, 3.63) is 162 Å². The highest BCUT2D eigenvalue weighted by Crippen LogP contribution is 2.59. The molecule has 0 N–H and O–H groups in total. The van der Waals surface area contributed by atoms with Gasteiger partial charge in [0.1, 0.15) is 0 Å². The molecule has 3 saturated carbocycles. The molecule has 6 aromatic rings. The lowest BCUT2D eigenvalue weighted by Gasteiger charge is -2.35. The van der Waals surface area contributed by atoms with Gasteiger partial charge in [0.2, 0.25) is 0 Å². The standard InChI is InChI=1S/C52H51N/c1-52(2)46-23-14-22-43(37-17-8-4-9-18-37)50(46)44-31-32-48(49(51(44)52)39-19-10-5-11-20-39)53(47-24-13-12-21-42(47)36-15-6-3-7-16-36)41-29-27-38(28-30-41)45-34-35-25-26-40(45)33-35/h4-5,8-14,17-24,27-32,35-36,40,45H,3,6-7,15-16,25-26,33-34H2,1-2H3. The molecule has 10 rings (SSSR count). The summed E-state index contributed by atoms with van der Waals surface area (Å²) in [4.78, 5) is 2.65. The minimum Gasteiger partial charge on any atom is -0.310 e. The summed E-state index contributed by atoms with van der Waals surface area (Å²) >= 11 is 0.